The smallest absolute Gasteiger partial charge is 0.239 e. The Kier molecular flexibility index (Phi) is 9.11. The summed E-state index contributed by atoms with van der Waals surface area (Å²) in [5.41, 5.74) is 5.36. The van der Waals surface area contributed by atoms with Crippen LogP contribution in [0.25, 0.3) is 0 Å². The molecule has 1 unspecified atom stereocenters. The number of hydrogen-bond acceptors (Lipinski definition) is 5. The molecule has 0 saturated carbocycles. The standard InChI is InChI=1S/C31H35ClN6O2/c1-35(2)31(34-37(23-39)21-25-10-8-24(9-11-25)20-36-16-18-40-19-17-36)38-22-29(26-6-4-3-5-7-26)30(33-38)27-12-14-28(32)15-13-27/h3-15,23,29H,16-22H2,1-2H3/b34-31+. The fourth-order valence-corrected chi connectivity index (χ4v) is 5.12. The summed E-state index contributed by atoms with van der Waals surface area (Å²) in [6, 6.07) is 26.5. The van der Waals surface area contributed by atoms with Crippen molar-refractivity contribution in [3.05, 3.63) is 106 Å². The van der Waals surface area contributed by atoms with E-state index < -0.39 is 0 Å². The number of hydrazone groups is 2. The maximum absolute atomic E-state index is 12.1. The molecule has 0 N–H and O–H groups in total. The molecule has 3 aromatic carbocycles. The molecule has 0 bridgehead atoms. The molecular formula is C31H35ClN6O2. The Labute approximate surface area is 241 Å². The molecule has 2 heterocycles. The first-order valence-electron chi connectivity index (χ1n) is 13.5. The molecule has 0 aliphatic carbocycles. The second-order valence-corrected chi connectivity index (χ2v) is 10.7. The van der Waals surface area contributed by atoms with Crippen LogP contribution in [0.5, 0.6) is 0 Å². The van der Waals surface area contributed by atoms with Crippen LogP contribution in [0.4, 0.5) is 0 Å². The second kappa shape index (κ2) is 13.1. The summed E-state index contributed by atoms with van der Waals surface area (Å²) in [5.74, 6) is 0.622. The van der Waals surface area contributed by atoms with Gasteiger partial charge in [-0.1, -0.05) is 78.3 Å². The van der Waals surface area contributed by atoms with Gasteiger partial charge in [0.25, 0.3) is 0 Å². The van der Waals surface area contributed by atoms with Crippen LogP contribution < -0.4 is 0 Å². The first kappa shape index (κ1) is 27.8. The Morgan fingerprint density at radius 2 is 1.68 bits per heavy atom. The van der Waals surface area contributed by atoms with Crippen molar-refractivity contribution in [3.8, 4) is 0 Å². The molecule has 9 heteroatoms. The SMILES string of the molecule is CN(C)/C(=N\N(C=O)Cc1ccc(CN2CCOCC2)cc1)N1CC(c2ccccc2)C(c2ccc(Cl)cc2)=N1. The lowest BCUT2D eigenvalue weighted by Gasteiger charge is -2.26. The van der Waals surface area contributed by atoms with Crippen molar-refractivity contribution >= 4 is 29.7 Å². The van der Waals surface area contributed by atoms with Crippen molar-refractivity contribution in [3.63, 3.8) is 0 Å². The molecule has 2 aliphatic rings. The Bertz CT molecular complexity index is 1320. The molecule has 2 aliphatic heterocycles. The van der Waals surface area contributed by atoms with Crippen molar-refractivity contribution < 1.29 is 9.53 Å². The number of guanidine groups is 1. The lowest BCUT2D eigenvalue weighted by molar-refractivity contribution is -0.118. The van der Waals surface area contributed by atoms with Gasteiger partial charge in [0, 0.05) is 44.7 Å². The molecule has 40 heavy (non-hydrogen) atoms. The van der Waals surface area contributed by atoms with Crippen molar-refractivity contribution in [2.75, 3.05) is 46.9 Å². The first-order chi connectivity index (χ1) is 19.5. The maximum Gasteiger partial charge on any atom is 0.239 e. The Hall–Kier alpha value is -3.72. The molecule has 0 radical (unpaired) electrons. The van der Waals surface area contributed by atoms with Gasteiger partial charge in [-0.25, -0.2) is 10.0 Å². The van der Waals surface area contributed by atoms with E-state index in [1.165, 1.54) is 16.1 Å². The monoisotopic (exact) mass is 558 g/mol. The number of hydrogen-bond donors (Lipinski definition) is 0. The third kappa shape index (κ3) is 6.88. The lowest BCUT2D eigenvalue weighted by atomic mass is 9.91. The Morgan fingerprint density at radius 3 is 2.33 bits per heavy atom. The molecule has 0 aromatic heterocycles. The van der Waals surface area contributed by atoms with Crippen LogP contribution >= 0.6 is 11.6 Å². The van der Waals surface area contributed by atoms with Gasteiger partial charge < -0.3 is 9.64 Å². The highest BCUT2D eigenvalue weighted by molar-refractivity contribution is 6.30. The predicted molar refractivity (Wildman–Crippen MR) is 159 cm³/mol. The van der Waals surface area contributed by atoms with E-state index in [-0.39, 0.29) is 5.92 Å². The minimum absolute atomic E-state index is 0.0382. The zero-order chi connectivity index (χ0) is 27.9. The van der Waals surface area contributed by atoms with E-state index in [1.807, 2.05) is 66.5 Å². The Balaban J connectivity index is 1.35. The van der Waals surface area contributed by atoms with Gasteiger partial charge >= 0.3 is 0 Å². The van der Waals surface area contributed by atoms with Gasteiger partial charge in [-0.15, -0.1) is 5.10 Å². The van der Waals surface area contributed by atoms with Gasteiger partial charge in [-0.05, 0) is 34.4 Å². The highest BCUT2D eigenvalue weighted by Crippen LogP contribution is 2.30. The average Bonchev–Trinajstić information content (AvgIpc) is 3.42. The number of morpholine rings is 1. The van der Waals surface area contributed by atoms with Crippen molar-refractivity contribution in [2.24, 2.45) is 10.2 Å². The lowest BCUT2D eigenvalue weighted by Crippen LogP contribution is -2.39. The van der Waals surface area contributed by atoms with E-state index in [0.717, 1.165) is 56.1 Å². The van der Waals surface area contributed by atoms with E-state index in [9.17, 15) is 4.79 Å². The molecule has 8 nitrogen and oxygen atoms in total. The zero-order valence-corrected chi connectivity index (χ0v) is 23.7. The molecular weight excluding hydrogens is 524 g/mol. The van der Waals surface area contributed by atoms with E-state index in [2.05, 4.69) is 41.3 Å². The van der Waals surface area contributed by atoms with Crippen LogP contribution in [0.2, 0.25) is 5.02 Å². The summed E-state index contributed by atoms with van der Waals surface area (Å²) in [5, 5.41) is 13.7. The summed E-state index contributed by atoms with van der Waals surface area (Å²) < 4.78 is 5.45. The number of nitrogens with zero attached hydrogens (tertiary/aromatic N) is 6. The second-order valence-electron chi connectivity index (χ2n) is 10.2. The van der Waals surface area contributed by atoms with E-state index in [4.69, 9.17) is 26.5 Å². The first-order valence-corrected chi connectivity index (χ1v) is 13.9. The van der Waals surface area contributed by atoms with Gasteiger partial charge in [0.2, 0.25) is 12.4 Å². The van der Waals surface area contributed by atoms with Gasteiger partial charge in [-0.3, -0.25) is 9.69 Å². The minimum Gasteiger partial charge on any atom is -0.379 e. The molecule has 1 amide bonds. The number of ether oxygens (including phenoxy) is 1. The summed E-state index contributed by atoms with van der Waals surface area (Å²) >= 11 is 6.16. The quantitative estimate of drug-likeness (QED) is 0.177. The summed E-state index contributed by atoms with van der Waals surface area (Å²) in [7, 11) is 3.82. The minimum atomic E-state index is 0.0382. The highest BCUT2D eigenvalue weighted by atomic mass is 35.5. The predicted octanol–water partition coefficient (Wildman–Crippen LogP) is 4.47. The van der Waals surface area contributed by atoms with Crippen molar-refractivity contribution in [1.82, 2.24) is 19.8 Å². The molecule has 1 fully saturated rings. The number of amides is 1. The molecule has 5 rings (SSSR count). The summed E-state index contributed by atoms with van der Waals surface area (Å²) in [4.78, 5) is 16.4. The molecule has 3 aromatic rings. The third-order valence-electron chi connectivity index (χ3n) is 7.10. The summed E-state index contributed by atoms with van der Waals surface area (Å²) in [6.07, 6.45) is 0.764. The fraction of sp³-hybridized carbons (Fsp3) is 0.323. The highest BCUT2D eigenvalue weighted by Gasteiger charge is 2.32. The summed E-state index contributed by atoms with van der Waals surface area (Å²) in [6.45, 7) is 5.33. The van der Waals surface area contributed by atoms with Crippen molar-refractivity contribution in [2.45, 2.75) is 19.0 Å². The van der Waals surface area contributed by atoms with Gasteiger partial charge in [0.15, 0.2) is 0 Å². The Morgan fingerprint density at radius 1 is 1.00 bits per heavy atom. The fourth-order valence-electron chi connectivity index (χ4n) is 4.99. The number of carbonyl (C=O) groups excluding carboxylic acids is 1. The van der Waals surface area contributed by atoms with Crippen LogP contribution in [-0.4, -0.2) is 84.8 Å². The zero-order valence-electron chi connectivity index (χ0n) is 23.0. The number of carbonyl (C=O) groups is 1. The number of rotatable bonds is 8. The topological polar surface area (TPSA) is 64.0 Å². The van der Waals surface area contributed by atoms with Gasteiger partial charge in [0.1, 0.15) is 0 Å². The van der Waals surface area contributed by atoms with E-state index in [1.54, 1.807) is 0 Å². The average molecular weight is 559 g/mol. The van der Waals surface area contributed by atoms with Crippen molar-refractivity contribution in [1.29, 1.82) is 0 Å². The molecule has 208 valence electrons. The number of halogens is 1. The van der Waals surface area contributed by atoms with Crippen LogP contribution in [0.1, 0.15) is 28.2 Å². The maximum atomic E-state index is 12.1. The van der Waals surface area contributed by atoms with Crippen LogP contribution in [0.3, 0.4) is 0 Å². The largest absolute Gasteiger partial charge is 0.379 e. The van der Waals surface area contributed by atoms with Gasteiger partial charge in [-0.2, -0.15) is 5.10 Å². The third-order valence-corrected chi connectivity index (χ3v) is 7.36. The van der Waals surface area contributed by atoms with Crippen LogP contribution in [0.15, 0.2) is 89.1 Å². The van der Waals surface area contributed by atoms with E-state index in [0.29, 0.717) is 24.1 Å². The van der Waals surface area contributed by atoms with Crippen LogP contribution in [-0.2, 0) is 22.6 Å². The molecule has 1 saturated heterocycles. The molecule has 0 spiro atoms. The number of benzene rings is 3. The normalized spacial score (nSPS) is 18.0. The van der Waals surface area contributed by atoms with Gasteiger partial charge in [0.05, 0.1) is 32.0 Å². The van der Waals surface area contributed by atoms with Crippen LogP contribution in [0, 0.1) is 0 Å². The van der Waals surface area contributed by atoms with E-state index >= 15 is 0 Å². The molecule has 1 atom stereocenters.